The van der Waals surface area contributed by atoms with Crippen molar-refractivity contribution >= 4 is 33.9 Å². The molecule has 25 heavy (non-hydrogen) atoms. The van der Waals surface area contributed by atoms with Crippen molar-refractivity contribution in [2.24, 2.45) is 0 Å². The lowest BCUT2D eigenvalue weighted by atomic mass is 10.1. The Morgan fingerprint density at radius 1 is 1.12 bits per heavy atom. The number of hydrogen-bond acceptors (Lipinski definition) is 4. The summed E-state index contributed by atoms with van der Waals surface area (Å²) >= 11 is 7.59. The van der Waals surface area contributed by atoms with E-state index >= 15 is 0 Å². The number of hydrogen-bond donors (Lipinski definition) is 0. The molecule has 0 unspecified atom stereocenters. The fraction of sp³-hybridized carbons (Fsp3) is 0.100. The van der Waals surface area contributed by atoms with E-state index in [2.05, 4.69) is 6.92 Å². The summed E-state index contributed by atoms with van der Waals surface area (Å²) in [6.45, 7) is 2.09. The van der Waals surface area contributed by atoms with E-state index in [9.17, 15) is 4.79 Å². The van der Waals surface area contributed by atoms with Crippen molar-refractivity contribution in [3.8, 4) is 21.8 Å². The minimum Gasteiger partial charge on any atom is -0.422 e. The molecule has 0 saturated carbocycles. The maximum absolute atomic E-state index is 12.4. The zero-order valence-corrected chi connectivity index (χ0v) is 15.0. The molecule has 0 saturated heterocycles. The van der Waals surface area contributed by atoms with Crippen LogP contribution in [-0.4, -0.2) is 4.98 Å². The van der Waals surface area contributed by atoms with Gasteiger partial charge < -0.3 is 4.42 Å². The third-order valence-corrected chi connectivity index (χ3v) is 5.46. The molecule has 0 atom stereocenters. The molecular formula is C20H14ClNO2S. The summed E-state index contributed by atoms with van der Waals surface area (Å²) in [5.74, 6) is 0. The van der Waals surface area contributed by atoms with Gasteiger partial charge in [-0.3, -0.25) is 0 Å². The predicted molar refractivity (Wildman–Crippen MR) is 103 cm³/mol. The first-order valence-corrected chi connectivity index (χ1v) is 9.14. The highest BCUT2D eigenvalue weighted by molar-refractivity contribution is 7.15. The van der Waals surface area contributed by atoms with Gasteiger partial charge in [0.1, 0.15) is 10.6 Å². The molecule has 0 aliphatic carbocycles. The van der Waals surface area contributed by atoms with Gasteiger partial charge >= 0.3 is 5.63 Å². The van der Waals surface area contributed by atoms with Crippen molar-refractivity contribution in [2.75, 3.05) is 0 Å². The Labute approximate surface area is 153 Å². The standard InChI is InChI=1S/C20H14ClNO2S/c1-2-17-18(12-6-4-3-5-7-12)22-19(25-17)15-11-13-10-14(21)8-9-16(13)24-20(15)23/h3-11H,2H2,1H3. The lowest BCUT2D eigenvalue weighted by Gasteiger charge is -2.00. The van der Waals surface area contributed by atoms with Gasteiger partial charge in [0.2, 0.25) is 0 Å². The average molecular weight is 368 g/mol. The minimum atomic E-state index is -0.383. The van der Waals surface area contributed by atoms with Crippen LogP contribution < -0.4 is 5.63 Å². The van der Waals surface area contributed by atoms with Crippen molar-refractivity contribution in [3.05, 3.63) is 74.9 Å². The number of nitrogens with zero attached hydrogens (tertiary/aromatic N) is 1. The molecule has 0 aliphatic rings. The van der Waals surface area contributed by atoms with Crippen LogP contribution in [0.15, 0.2) is 63.8 Å². The molecule has 0 spiro atoms. The molecule has 2 aromatic heterocycles. The number of aryl methyl sites for hydroxylation is 1. The van der Waals surface area contributed by atoms with Gasteiger partial charge in [-0.1, -0.05) is 48.9 Å². The van der Waals surface area contributed by atoms with Crippen LogP contribution in [-0.2, 0) is 6.42 Å². The van der Waals surface area contributed by atoms with Crippen LogP contribution >= 0.6 is 22.9 Å². The molecule has 2 heterocycles. The number of fused-ring (bicyclic) bond motifs is 1. The Kier molecular flexibility index (Phi) is 4.15. The van der Waals surface area contributed by atoms with Crippen LogP contribution in [0.3, 0.4) is 0 Å². The monoisotopic (exact) mass is 367 g/mol. The first-order valence-electron chi connectivity index (χ1n) is 7.94. The van der Waals surface area contributed by atoms with Gasteiger partial charge in [0.25, 0.3) is 0 Å². The van der Waals surface area contributed by atoms with Crippen LogP contribution in [0, 0.1) is 0 Å². The van der Waals surface area contributed by atoms with E-state index in [1.54, 1.807) is 24.3 Å². The summed E-state index contributed by atoms with van der Waals surface area (Å²) in [4.78, 5) is 18.3. The van der Waals surface area contributed by atoms with Crippen molar-refractivity contribution in [1.29, 1.82) is 0 Å². The number of benzene rings is 2. The third kappa shape index (κ3) is 2.99. The summed E-state index contributed by atoms with van der Waals surface area (Å²) in [6.07, 6.45) is 0.854. The summed E-state index contributed by atoms with van der Waals surface area (Å²) < 4.78 is 5.44. The van der Waals surface area contributed by atoms with Gasteiger partial charge in [-0.05, 0) is 30.7 Å². The van der Waals surface area contributed by atoms with E-state index in [1.165, 1.54) is 11.3 Å². The van der Waals surface area contributed by atoms with Crippen molar-refractivity contribution in [2.45, 2.75) is 13.3 Å². The average Bonchev–Trinajstić information content (AvgIpc) is 3.06. The second-order valence-electron chi connectivity index (χ2n) is 5.64. The van der Waals surface area contributed by atoms with Crippen LogP contribution in [0.2, 0.25) is 5.02 Å². The van der Waals surface area contributed by atoms with Gasteiger partial charge in [-0.2, -0.15) is 0 Å². The van der Waals surface area contributed by atoms with Gasteiger partial charge in [-0.25, -0.2) is 9.78 Å². The fourth-order valence-electron chi connectivity index (χ4n) is 2.77. The molecule has 0 bridgehead atoms. The molecule has 124 valence electrons. The molecule has 0 fully saturated rings. The lowest BCUT2D eigenvalue weighted by molar-refractivity contribution is 0.563. The Morgan fingerprint density at radius 3 is 2.68 bits per heavy atom. The Bertz CT molecular complexity index is 1120. The second-order valence-corrected chi connectivity index (χ2v) is 7.16. The van der Waals surface area contributed by atoms with Crippen LogP contribution in [0.4, 0.5) is 0 Å². The van der Waals surface area contributed by atoms with Crippen LogP contribution in [0.5, 0.6) is 0 Å². The Morgan fingerprint density at radius 2 is 1.92 bits per heavy atom. The van der Waals surface area contributed by atoms with Crippen LogP contribution in [0.25, 0.3) is 32.8 Å². The zero-order chi connectivity index (χ0) is 17.4. The maximum atomic E-state index is 12.4. The van der Waals surface area contributed by atoms with Gasteiger partial charge in [0.15, 0.2) is 0 Å². The SMILES string of the molecule is CCc1sc(-c2cc3cc(Cl)ccc3oc2=O)nc1-c1ccccc1. The van der Waals surface area contributed by atoms with Gasteiger partial charge in [0.05, 0.1) is 11.3 Å². The van der Waals surface area contributed by atoms with Crippen LogP contribution in [0.1, 0.15) is 11.8 Å². The molecular weight excluding hydrogens is 354 g/mol. The van der Waals surface area contributed by atoms with E-state index in [4.69, 9.17) is 21.0 Å². The molecule has 0 amide bonds. The summed E-state index contributed by atoms with van der Waals surface area (Å²) in [7, 11) is 0. The largest absolute Gasteiger partial charge is 0.422 e. The van der Waals surface area contributed by atoms with E-state index in [0.29, 0.717) is 21.2 Å². The summed E-state index contributed by atoms with van der Waals surface area (Å²) in [5.41, 5.74) is 2.58. The Hall–Kier alpha value is -2.43. The lowest BCUT2D eigenvalue weighted by Crippen LogP contribution is -2.02. The highest BCUT2D eigenvalue weighted by atomic mass is 35.5. The number of halogens is 1. The van der Waals surface area contributed by atoms with Crippen molar-refractivity contribution in [1.82, 2.24) is 4.98 Å². The van der Waals surface area contributed by atoms with E-state index in [0.717, 1.165) is 27.9 Å². The number of rotatable bonds is 3. The fourth-order valence-corrected chi connectivity index (χ4v) is 3.98. The molecule has 3 nitrogen and oxygen atoms in total. The first-order chi connectivity index (χ1) is 12.2. The van der Waals surface area contributed by atoms with Crippen molar-refractivity contribution in [3.63, 3.8) is 0 Å². The maximum Gasteiger partial charge on any atom is 0.346 e. The zero-order valence-electron chi connectivity index (χ0n) is 13.5. The third-order valence-electron chi connectivity index (χ3n) is 3.99. The normalized spacial score (nSPS) is 11.1. The van der Waals surface area contributed by atoms with E-state index in [1.807, 2.05) is 30.3 Å². The first kappa shape index (κ1) is 16.1. The van der Waals surface area contributed by atoms with Gasteiger partial charge in [-0.15, -0.1) is 11.3 Å². The highest BCUT2D eigenvalue weighted by Gasteiger charge is 2.16. The quantitative estimate of drug-likeness (QED) is 0.430. The molecule has 0 N–H and O–H groups in total. The number of aromatic nitrogens is 1. The molecule has 5 heteroatoms. The second kappa shape index (κ2) is 6.47. The Balaban J connectivity index is 1.90. The minimum absolute atomic E-state index is 0.383. The molecule has 4 aromatic rings. The summed E-state index contributed by atoms with van der Waals surface area (Å²) in [5, 5.41) is 2.06. The molecule has 0 aliphatic heterocycles. The molecule has 0 radical (unpaired) electrons. The highest BCUT2D eigenvalue weighted by Crippen LogP contribution is 2.34. The summed E-state index contributed by atoms with van der Waals surface area (Å²) in [6, 6.07) is 17.0. The topological polar surface area (TPSA) is 43.1 Å². The van der Waals surface area contributed by atoms with E-state index in [-0.39, 0.29) is 5.63 Å². The number of thiazole rings is 1. The van der Waals surface area contributed by atoms with Gasteiger partial charge in [0, 0.05) is 20.8 Å². The molecule has 2 aromatic carbocycles. The molecule has 4 rings (SSSR count). The predicted octanol–water partition coefficient (Wildman–Crippen LogP) is 5.80. The van der Waals surface area contributed by atoms with Crippen molar-refractivity contribution < 1.29 is 4.42 Å². The van der Waals surface area contributed by atoms with E-state index < -0.39 is 0 Å². The smallest absolute Gasteiger partial charge is 0.346 e.